The van der Waals surface area contributed by atoms with Crippen LogP contribution in [0.1, 0.15) is 24.0 Å². The number of rotatable bonds is 3. The van der Waals surface area contributed by atoms with E-state index in [2.05, 4.69) is 17.0 Å². The van der Waals surface area contributed by atoms with Crippen molar-refractivity contribution in [1.82, 2.24) is 4.90 Å². The molecule has 1 aromatic carbocycles. The third-order valence-electron chi connectivity index (χ3n) is 5.07. The number of Topliss-reactive ketones (excluding diaryl/α,β-unsaturated/α-hetero) is 1. The second-order valence-corrected chi connectivity index (χ2v) is 6.32. The molecule has 0 radical (unpaired) electrons. The molecule has 0 N–H and O–H groups in total. The Balaban J connectivity index is 1.72. The third-order valence-corrected chi connectivity index (χ3v) is 5.07. The number of carbonyl (C=O) groups excluding carboxylic acids is 2. The van der Waals surface area contributed by atoms with Gasteiger partial charge in [-0.25, -0.2) is 0 Å². The van der Waals surface area contributed by atoms with Crippen LogP contribution in [0.3, 0.4) is 0 Å². The molecule has 1 heterocycles. The molecule has 1 fully saturated rings. The highest BCUT2D eigenvalue weighted by Crippen LogP contribution is 2.29. The number of hydrogen-bond acceptors (Lipinski definition) is 5. The predicted molar refractivity (Wildman–Crippen MR) is 85.5 cm³/mol. The zero-order chi connectivity index (χ0) is 16.4. The number of hydrogen-bond donors (Lipinski definition) is 0. The van der Waals surface area contributed by atoms with Gasteiger partial charge in [-0.2, -0.15) is 0 Å². The quantitative estimate of drug-likeness (QED) is 0.626. The lowest BCUT2D eigenvalue weighted by Crippen LogP contribution is -2.50. The molecular weight excluding hydrogens is 294 g/mol. The molecule has 124 valence electrons. The summed E-state index contributed by atoms with van der Waals surface area (Å²) in [6, 6.07) is 6.62. The minimum absolute atomic E-state index is 0.00554. The van der Waals surface area contributed by atoms with E-state index in [1.54, 1.807) is 7.11 Å². The molecule has 1 aliphatic carbocycles. The highest BCUT2D eigenvalue weighted by Gasteiger charge is 2.37. The highest BCUT2D eigenvalue weighted by molar-refractivity contribution is 5.99. The summed E-state index contributed by atoms with van der Waals surface area (Å²) in [7, 11) is 3.02. The molecular formula is C18H23NO4. The van der Waals surface area contributed by atoms with Crippen LogP contribution in [-0.4, -0.2) is 50.0 Å². The molecule has 2 atom stereocenters. The number of methoxy groups -OCH3 is 2. The van der Waals surface area contributed by atoms with Crippen molar-refractivity contribution < 1.29 is 19.1 Å². The average Bonchev–Trinajstić information content (AvgIpc) is 2.60. The smallest absolute Gasteiger partial charge is 0.317 e. The van der Waals surface area contributed by atoms with Gasteiger partial charge in [0.05, 0.1) is 14.2 Å². The number of carbonyl (C=O) groups is 2. The predicted octanol–water partition coefficient (Wildman–Crippen LogP) is 1.62. The normalized spacial score (nSPS) is 24.9. The summed E-state index contributed by atoms with van der Waals surface area (Å²) in [5.41, 5.74) is 2.69. The molecule has 3 rings (SSSR count). The van der Waals surface area contributed by atoms with Gasteiger partial charge in [-0.1, -0.05) is 6.07 Å². The van der Waals surface area contributed by atoms with Crippen LogP contribution < -0.4 is 4.74 Å². The number of likely N-dealkylation sites (tertiary alicyclic amines) is 1. The number of esters is 1. The SMILES string of the molecule is COC(=O)C1CN(C2CCc3ccc(OC)cc3C2)CCC1=O. The van der Waals surface area contributed by atoms with E-state index in [1.807, 2.05) is 6.07 Å². The first kappa shape index (κ1) is 16.0. The second kappa shape index (κ2) is 6.71. The number of nitrogens with zero attached hydrogens (tertiary/aromatic N) is 1. The van der Waals surface area contributed by atoms with Crippen LogP contribution in [0.4, 0.5) is 0 Å². The monoisotopic (exact) mass is 317 g/mol. The van der Waals surface area contributed by atoms with Gasteiger partial charge in [0.2, 0.25) is 0 Å². The van der Waals surface area contributed by atoms with E-state index in [4.69, 9.17) is 9.47 Å². The lowest BCUT2D eigenvalue weighted by atomic mass is 9.85. The van der Waals surface area contributed by atoms with Gasteiger partial charge in [0, 0.05) is 25.6 Å². The van der Waals surface area contributed by atoms with Crippen LogP contribution in [0.5, 0.6) is 5.75 Å². The summed E-state index contributed by atoms with van der Waals surface area (Å²) in [6.07, 6.45) is 3.45. The minimum atomic E-state index is -0.625. The van der Waals surface area contributed by atoms with Crippen LogP contribution in [0.15, 0.2) is 18.2 Å². The fourth-order valence-electron chi connectivity index (χ4n) is 3.69. The third kappa shape index (κ3) is 3.24. The van der Waals surface area contributed by atoms with Crippen molar-refractivity contribution in [3.63, 3.8) is 0 Å². The molecule has 0 saturated carbocycles. The Morgan fingerprint density at radius 1 is 1.22 bits per heavy atom. The van der Waals surface area contributed by atoms with Gasteiger partial charge < -0.3 is 9.47 Å². The van der Waals surface area contributed by atoms with E-state index < -0.39 is 11.9 Å². The van der Waals surface area contributed by atoms with Crippen molar-refractivity contribution in [1.29, 1.82) is 0 Å². The first-order valence-electron chi connectivity index (χ1n) is 8.12. The maximum absolute atomic E-state index is 12.0. The molecule has 5 heteroatoms. The molecule has 1 aromatic rings. The Labute approximate surface area is 136 Å². The molecule has 1 saturated heterocycles. The molecule has 5 nitrogen and oxygen atoms in total. The average molecular weight is 317 g/mol. The number of piperidine rings is 1. The first-order valence-corrected chi connectivity index (χ1v) is 8.12. The summed E-state index contributed by atoms with van der Waals surface area (Å²) >= 11 is 0. The Hall–Kier alpha value is -1.88. The summed E-state index contributed by atoms with van der Waals surface area (Å²) in [4.78, 5) is 26.0. The zero-order valence-electron chi connectivity index (χ0n) is 13.7. The van der Waals surface area contributed by atoms with Crippen LogP contribution in [-0.2, 0) is 27.2 Å². The highest BCUT2D eigenvalue weighted by atomic mass is 16.5. The van der Waals surface area contributed by atoms with E-state index in [1.165, 1.54) is 18.2 Å². The fourth-order valence-corrected chi connectivity index (χ4v) is 3.69. The lowest BCUT2D eigenvalue weighted by molar-refractivity contribution is -0.152. The molecule has 1 aliphatic heterocycles. The van der Waals surface area contributed by atoms with Crippen molar-refractivity contribution in [2.75, 3.05) is 27.3 Å². The summed E-state index contributed by atoms with van der Waals surface area (Å²) in [6.45, 7) is 1.21. The molecule has 0 bridgehead atoms. The summed E-state index contributed by atoms with van der Waals surface area (Å²) in [5.74, 6) is -0.144. The minimum Gasteiger partial charge on any atom is -0.497 e. The Morgan fingerprint density at radius 3 is 2.78 bits per heavy atom. The van der Waals surface area contributed by atoms with Gasteiger partial charge in [0.15, 0.2) is 0 Å². The first-order chi connectivity index (χ1) is 11.1. The number of aryl methyl sites for hydroxylation is 1. The van der Waals surface area contributed by atoms with Gasteiger partial charge in [-0.05, 0) is 42.5 Å². The van der Waals surface area contributed by atoms with E-state index >= 15 is 0 Å². The van der Waals surface area contributed by atoms with Crippen molar-refractivity contribution in [3.8, 4) is 5.75 Å². The maximum atomic E-state index is 12.0. The number of ketones is 1. The van der Waals surface area contributed by atoms with E-state index in [0.29, 0.717) is 19.0 Å². The van der Waals surface area contributed by atoms with Gasteiger partial charge in [-0.15, -0.1) is 0 Å². The molecule has 2 aliphatic rings. The Bertz CT molecular complexity index is 605. The fraction of sp³-hybridized carbons (Fsp3) is 0.556. The molecule has 23 heavy (non-hydrogen) atoms. The largest absolute Gasteiger partial charge is 0.497 e. The zero-order valence-corrected chi connectivity index (χ0v) is 13.7. The van der Waals surface area contributed by atoms with Crippen molar-refractivity contribution >= 4 is 11.8 Å². The summed E-state index contributed by atoms with van der Waals surface area (Å²) < 4.78 is 10.1. The molecule has 0 amide bonds. The molecule has 0 aromatic heterocycles. The summed E-state index contributed by atoms with van der Waals surface area (Å²) in [5, 5.41) is 0. The maximum Gasteiger partial charge on any atom is 0.317 e. The van der Waals surface area contributed by atoms with Crippen molar-refractivity contribution in [2.45, 2.75) is 31.7 Å². The molecule has 0 spiro atoms. The molecule has 2 unspecified atom stereocenters. The van der Waals surface area contributed by atoms with Crippen LogP contribution in [0, 0.1) is 5.92 Å². The topological polar surface area (TPSA) is 55.8 Å². The number of ether oxygens (including phenoxy) is 2. The standard InChI is InChI=1S/C18H23NO4/c1-22-15-6-4-12-3-5-14(9-13(12)10-15)19-8-7-17(20)16(11-19)18(21)23-2/h4,6,10,14,16H,3,5,7-9,11H2,1-2H3. The second-order valence-electron chi connectivity index (χ2n) is 6.32. The van der Waals surface area contributed by atoms with Gasteiger partial charge >= 0.3 is 5.97 Å². The van der Waals surface area contributed by atoms with Crippen molar-refractivity contribution in [3.05, 3.63) is 29.3 Å². The Morgan fingerprint density at radius 2 is 2.04 bits per heavy atom. The van der Waals surface area contributed by atoms with E-state index in [9.17, 15) is 9.59 Å². The van der Waals surface area contributed by atoms with Crippen LogP contribution in [0.25, 0.3) is 0 Å². The van der Waals surface area contributed by atoms with Gasteiger partial charge in [-0.3, -0.25) is 14.5 Å². The van der Waals surface area contributed by atoms with Crippen LogP contribution in [0.2, 0.25) is 0 Å². The van der Waals surface area contributed by atoms with Crippen LogP contribution >= 0.6 is 0 Å². The van der Waals surface area contributed by atoms with Gasteiger partial charge in [0.1, 0.15) is 17.5 Å². The van der Waals surface area contributed by atoms with Gasteiger partial charge in [0.25, 0.3) is 0 Å². The van der Waals surface area contributed by atoms with Crippen molar-refractivity contribution in [2.24, 2.45) is 5.92 Å². The lowest BCUT2D eigenvalue weighted by Gasteiger charge is -2.39. The van der Waals surface area contributed by atoms with E-state index in [0.717, 1.165) is 31.6 Å². The number of benzene rings is 1. The van der Waals surface area contributed by atoms with E-state index in [-0.39, 0.29) is 5.78 Å². The number of fused-ring (bicyclic) bond motifs is 1. The Kier molecular flexibility index (Phi) is 4.66.